The van der Waals surface area contributed by atoms with E-state index in [0.717, 1.165) is 5.56 Å². The molecule has 0 fully saturated rings. The Bertz CT molecular complexity index is 941. The van der Waals surface area contributed by atoms with Gasteiger partial charge in [-0.1, -0.05) is 30.3 Å². The second-order valence-corrected chi connectivity index (χ2v) is 5.92. The van der Waals surface area contributed by atoms with Crippen LogP contribution in [0.3, 0.4) is 0 Å². The van der Waals surface area contributed by atoms with Crippen LogP contribution in [-0.2, 0) is 11.3 Å². The van der Waals surface area contributed by atoms with Gasteiger partial charge in [0.25, 0.3) is 5.56 Å². The highest BCUT2D eigenvalue weighted by atomic mass is 16.2. The van der Waals surface area contributed by atoms with E-state index < -0.39 is 0 Å². The standard InChI is InChI=1S/C17H19N5O2/c1-11(2)18-16(23)10-21-17(24)15-9-14(13-7-5-4-6-8-13)20-22(15)12(3)19-21/h4-9,11H,10H2,1-3H3,(H,18,23). The number of benzene rings is 1. The number of amides is 1. The van der Waals surface area contributed by atoms with Gasteiger partial charge >= 0.3 is 0 Å². The molecule has 24 heavy (non-hydrogen) atoms. The van der Waals surface area contributed by atoms with E-state index in [0.29, 0.717) is 17.0 Å². The molecule has 0 atom stereocenters. The summed E-state index contributed by atoms with van der Waals surface area (Å²) in [7, 11) is 0. The molecule has 1 N–H and O–H groups in total. The van der Waals surface area contributed by atoms with Gasteiger partial charge in [-0.2, -0.15) is 10.2 Å². The average molecular weight is 325 g/mol. The number of hydrogen-bond donors (Lipinski definition) is 1. The van der Waals surface area contributed by atoms with E-state index in [1.165, 1.54) is 9.20 Å². The fourth-order valence-electron chi connectivity index (χ4n) is 2.54. The summed E-state index contributed by atoms with van der Waals surface area (Å²) in [6.07, 6.45) is 0. The summed E-state index contributed by atoms with van der Waals surface area (Å²) in [5, 5.41) is 11.4. The lowest BCUT2D eigenvalue weighted by Gasteiger charge is -2.10. The molecule has 0 spiro atoms. The molecule has 3 aromatic rings. The first kappa shape index (κ1) is 15.9. The van der Waals surface area contributed by atoms with Gasteiger partial charge in [0.05, 0.1) is 5.69 Å². The van der Waals surface area contributed by atoms with Crippen molar-refractivity contribution in [3.05, 3.63) is 52.6 Å². The molecule has 0 aliphatic carbocycles. The fourth-order valence-corrected chi connectivity index (χ4v) is 2.54. The van der Waals surface area contributed by atoms with E-state index in [-0.39, 0.29) is 24.1 Å². The van der Waals surface area contributed by atoms with Crippen LogP contribution < -0.4 is 10.9 Å². The van der Waals surface area contributed by atoms with Crippen LogP contribution in [0.15, 0.2) is 41.2 Å². The number of fused-ring (bicyclic) bond motifs is 1. The van der Waals surface area contributed by atoms with Gasteiger partial charge in [0, 0.05) is 11.6 Å². The summed E-state index contributed by atoms with van der Waals surface area (Å²) in [6.45, 7) is 5.38. The fraction of sp³-hybridized carbons (Fsp3) is 0.294. The molecular weight excluding hydrogens is 306 g/mol. The molecule has 0 saturated carbocycles. The lowest BCUT2D eigenvalue weighted by atomic mass is 10.1. The minimum atomic E-state index is -0.339. The zero-order valence-electron chi connectivity index (χ0n) is 13.9. The predicted octanol–water partition coefficient (Wildman–Crippen LogP) is 1.39. The molecular formula is C17H19N5O2. The minimum Gasteiger partial charge on any atom is -0.352 e. The smallest absolute Gasteiger partial charge is 0.293 e. The van der Waals surface area contributed by atoms with Gasteiger partial charge in [-0.3, -0.25) is 9.59 Å². The van der Waals surface area contributed by atoms with E-state index in [9.17, 15) is 9.59 Å². The summed E-state index contributed by atoms with van der Waals surface area (Å²) in [4.78, 5) is 24.5. The predicted molar refractivity (Wildman–Crippen MR) is 90.7 cm³/mol. The third-order valence-corrected chi connectivity index (χ3v) is 3.55. The van der Waals surface area contributed by atoms with Crippen molar-refractivity contribution in [1.82, 2.24) is 24.7 Å². The highest BCUT2D eigenvalue weighted by Crippen LogP contribution is 2.18. The van der Waals surface area contributed by atoms with Crippen molar-refractivity contribution in [3.63, 3.8) is 0 Å². The maximum absolute atomic E-state index is 12.6. The highest BCUT2D eigenvalue weighted by Gasteiger charge is 2.14. The van der Waals surface area contributed by atoms with Crippen molar-refractivity contribution in [3.8, 4) is 11.3 Å². The third-order valence-electron chi connectivity index (χ3n) is 3.55. The largest absolute Gasteiger partial charge is 0.352 e. The minimum absolute atomic E-state index is 0.0117. The first-order chi connectivity index (χ1) is 11.5. The quantitative estimate of drug-likeness (QED) is 0.786. The van der Waals surface area contributed by atoms with Crippen molar-refractivity contribution in [1.29, 1.82) is 0 Å². The van der Waals surface area contributed by atoms with Gasteiger partial charge in [0.2, 0.25) is 5.91 Å². The first-order valence-electron chi connectivity index (χ1n) is 7.78. The van der Waals surface area contributed by atoms with Gasteiger partial charge < -0.3 is 5.32 Å². The second kappa shape index (κ2) is 6.27. The Kier molecular flexibility index (Phi) is 4.16. The Labute approximate surface area is 138 Å². The summed E-state index contributed by atoms with van der Waals surface area (Å²) < 4.78 is 2.69. The van der Waals surface area contributed by atoms with Crippen molar-refractivity contribution in [2.24, 2.45) is 0 Å². The molecule has 124 valence electrons. The molecule has 1 amide bonds. The van der Waals surface area contributed by atoms with Crippen LogP contribution in [0.1, 0.15) is 19.7 Å². The van der Waals surface area contributed by atoms with Crippen molar-refractivity contribution < 1.29 is 4.79 Å². The Morgan fingerprint density at radius 1 is 1.21 bits per heavy atom. The molecule has 2 aromatic heterocycles. The summed E-state index contributed by atoms with van der Waals surface area (Å²) in [6, 6.07) is 11.4. The van der Waals surface area contributed by atoms with Crippen LogP contribution >= 0.6 is 0 Å². The first-order valence-corrected chi connectivity index (χ1v) is 7.78. The van der Waals surface area contributed by atoms with Gasteiger partial charge in [-0.15, -0.1) is 0 Å². The summed E-state index contributed by atoms with van der Waals surface area (Å²) in [5.41, 5.74) is 1.68. The number of nitrogens with zero attached hydrogens (tertiary/aromatic N) is 4. The van der Waals surface area contributed by atoms with E-state index in [1.807, 2.05) is 44.2 Å². The normalized spacial score (nSPS) is 11.2. The molecule has 7 heteroatoms. The molecule has 0 bridgehead atoms. The Balaban J connectivity index is 2.04. The van der Waals surface area contributed by atoms with Crippen LogP contribution in [0.5, 0.6) is 0 Å². The zero-order valence-corrected chi connectivity index (χ0v) is 13.9. The molecule has 0 aliphatic heterocycles. The van der Waals surface area contributed by atoms with Gasteiger partial charge in [0.15, 0.2) is 0 Å². The average Bonchev–Trinajstić information content (AvgIpc) is 2.98. The Morgan fingerprint density at radius 2 is 1.92 bits per heavy atom. The monoisotopic (exact) mass is 325 g/mol. The van der Waals surface area contributed by atoms with Crippen molar-refractivity contribution in [2.45, 2.75) is 33.4 Å². The van der Waals surface area contributed by atoms with E-state index in [2.05, 4.69) is 15.5 Å². The molecule has 0 saturated heterocycles. The Hall–Kier alpha value is -2.96. The van der Waals surface area contributed by atoms with E-state index >= 15 is 0 Å². The molecule has 0 unspecified atom stereocenters. The lowest BCUT2D eigenvalue weighted by molar-refractivity contribution is -0.122. The van der Waals surface area contributed by atoms with Crippen LogP contribution in [-0.4, -0.2) is 31.3 Å². The second-order valence-electron chi connectivity index (χ2n) is 5.92. The van der Waals surface area contributed by atoms with E-state index in [4.69, 9.17) is 0 Å². The van der Waals surface area contributed by atoms with Crippen LogP contribution in [0.25, 0.3) is 16.8 Å². The molecule has 7 nitrogen and oxygen atoms in total. The number of aromatic nitrogens is 4. The lowest BCUT2D eigenvalue weighted by Crippen LogP contribution is -2.37. The molecule has 0 radical (unpaired) electrons. The van der Waals surface area contributed by atoms with Crippen LogP contribution in [0.4, 0.5) is 0 Å². The highest BCUT2D eigenvalue weighted by molar-refractivity contribution is 5.76. The number of aryl methyl sites for hydroxylation is 1. The number of hydrogen-bond acceptors (Lipinski definition) is 4. The topological polar surface area (TPSA) is 81.3 Å². The van der Waals surface area contributed by atoms with Crippen LogP contribution in [0.2, 0.25) is 0 Å². The van der Waals surface area contributed by atoms with E-state index in [1.54, 1.807) is 13.0 Å². The van der Waals surface area contributed by atoms with Gasteiger partial charge in [0.1, 0.15) is 17.9 Å². The SMILES string of the molecule is Cc1nn(CC(=O)NC(C)C)c(=O)c2cc(-c3ccccc3)nn12. The molecule has 2 heterocycles. The van der Waals surface area contributed by atoms with Crippen molar-refractivity contribution in [2.75, 3.05) is 0 Å². The number of carbonyl (C=O) groups is 1. The van der Waals surface area contributed by atoms with Crippen LogP contribution in [0, 0.1) is 6.92 Å². The van der Waals surface area contributed by atoms with Gasteiger partial charge in [-0.25, -0.2) is 9.20 Å². The summed E-state index contributed by atoms with van der Waals surface area (Å²) in [5.74, 6) is 0.301. The maximum atomic E-state index is 12.6. The number of carbonyl (C=O) groups excluding carboxylic acids is 1. The maximum Gasteiger partial charge on any atom is 0.293 e. The van der Waals surface area contributed by atoms with Crippen molar-refractivity contribution >= 4 is 11.4 Å². The number of rotatable bonds is 4. The zero-order chi connectivity index (χ0) is 17.3. The molecule has 0 aliphatic rings. The Morgan fingerprint density at radius 3 is 2.58 bits per heavy atom. The number of nitrogens with one attached hydrogen (secondary N) is 1. The third kappa shape index (κ3) is 3.05. The molecule has 1 aromatic carbocycles. The molecule has 3 rings (SSSR count). The summed E-state index contributed by atoms with van der Waals surface area (Å²) >= 11 is 0. The van der Waals surface area contributed by atoms with Gasteiger partial charge in [-0.05, 0) is 26.8 Å².